The van der Waals surface area contributed by atoms with Gasteiger partial charge < -0.3 is 19.7 Å². The summed E-state index contributed by atoms with van der Waals surface area (Å²) in [4.78, 5) is 29.2. The average molecular weight is 695 g/mol. The first kappa shape index (κ1) is 35.3. The van der Waals surface area contributed by atoms with E-state index in [4.69, 9.17) is 32.7 Å². The highest BCUT2D eigenvalue weighted by Gasteiger charge is 2.35. The molecule has 3 aromatic carbocycles. The number of sulfonamides is 1. The van der Waals surface area contributed by atoms with Crippen LogP contribution in [0.15, 0.2) is 65.6 Å². The van der Waals surface area contributed by atoms with Crippen molar-refractivity contribution in [1.82, 2.24) is 10.2 Å². The number of anilines is 1. The number of methoxy groups -OCH3 is 2. The smallest absolute Gasteiger partial charge is 0.264 e. The van der Waals surface area contributed by atoms with Gasteiger partial charge in [-0.3, -0.25) is 13.9 Å². The van der Waals surface area contributed by atoms with Crippen molar-refractivity contribution in [2.45, 2.75) is 69.0 Å². The molecule has 1 atom stereocenters. The Balaban J connectivity index is 1.76. The number of ether oxygens (including phenoxy) is 2. The van der Waals surface area contributed by atoms with Crippen LogP contribution in [0.4, 0.5) is 10.1 Å². The standard InChI is InChI=1S/C33H38Cl2FN3O6S/c1-4-29(33(41)37-23-9-6-5-7-10-23)38(20-26-27(34)11-8-12-28(26)35)32(40)21-39(24-15-13-22(36)14-16-24)46(42,43)25-17-18-30(44-2)31(19-25)45-3/h8,11-19,23,29H,4-7,9-10,20-21H2,1-3H3,(H,37,41). The number of benzene rings is 3. The Morgan fingerprint density at radius 3 is 2.17 bits per heavy atom. The fourth-order valence-electron chi connectivity index (χ4n) is 5.56. The average Bonchev–Trinajstić information content (AvgIpc) is 3.05. The summed E-state index contributed by atoms with van der Waals surface area (Å²) in [6.45, 7) is 0.914. The second-order valence-corrected chi connectivity index (χ2v) is 13.7. The van der Waals surface area contributed by atoms with Gasteiger partial charge in [-0.15, -0.1) is 0 Å². The lowest BCUT2D eigenvalue weighted by Gasteiger charge is -2.34. The lowest BCUT2D eigenvalue weighted by molar-refractivity contribution is -0.140. The number of amides is 2. The number of hydrogen-bond acceptors (Lipinski definition) is 6. The van der Waals surface area contributed by atoms with Crippen molar-refractivity contribution in [3.63, 3.8) is 0 Å². The molecule has 1 aliphatic rings. The summed E-state index contributed by atoms with van der Waals surface area (Å²) >= 11 is 13.0. The van der Waals surface area contributed by atoms with Crippen molar-refractivity contribution in [2.75, 3.05) is 25.1 Å². The molecule has 1 N–H and O–H groups in total. The molecular weight excluding hydrogens is 656 g/mol. The molecule has 0 heterocycles. The molecule has 1 unspecified atom stereocenters. The van der Waals surface area contributed by atoms with Crippen LogP contribution in [0.3, 0.4) is 0 Å². The molecule has 9 nitrogen and oxygen atoms in total. The van der Waals surface area contributed by atoms with Gasteiger partial charge in [0.25, 0.3) is 10.0 Å². The maximum atomic E-state index is 14.4. The first-order valence-corrected chi connectivity index (χ1v) is 17.2. The largest absolute Gasteiger partial charge is 0.493 e. The van der Waals surface area contributed by atoms with Crippen molar-refractivity contribution < 1.29 is 31.9 Å². The second kappa shape index (κ2) is 15.8. The van der Waals surface area contributed by atoms with Gasteiger partial charge in [0.05, 0.1) is 24.8 Å². The molecule has 0 aliphatic heterocycles. The zero-order chi connectivity index (χ0) is 33.4. The van der Waals surface area contributed by atoms with E-state index in [9.17, 15) is 22.4 Å². The SMILES string of the molecule is CCC(C(=O)NC1CCCCC1)N(Cc1c(Cl)cccc1Cl)C(=O)CN(c1ccc(F)cc1)S(=O)(=O)c1ccc(OC)c(OC)c1. The summed E-state index contributed by atoms with van der Waals surface area (Å²) in [7, 11) is -1.65. The minimum atomic E-state index is -4.44. The number of nitrogens with zero attached hydrogens (tertiary/aromatic N) is 2. The van der Waals surface area contributed by atoms with Crippen LogP contribution in [0.5, 0.6) is 11.5 Å². The van der Waals surface area contributed by atoms with E-state index in [2.05, 4.69) is 5.32 Å². The van der Waals surface area contributed by atoms with E-state index in [0.29, 0.717) is 21.4 Å². The fourth-order valence-corrected chi connectivity index (χ4v) is 7.50. The summed E-state index contributed by atoms with van der Waals surface area (Å²) in [5, 5.41) is 3.68. The van der Waals surface area contributed by atoms with Crippen LogP contribution in [0.1, 0.15) is 51.0 Å². The van der Waals surface area contributed by atoms with Crippen LogP contribution in [-0.2, 0) is 26.2 Å². The Morgan fingerprint density at radius 1 is 0.957 bits per heavy atom. The third-order valence-corrected chi connectivity index (χ3v) is 10.5. The monoisotopic (exact) mass is 693 g/mol. The third-order valence-electron chi connectivity index (χ3n) is 8.06. The molecule has 13 heteroatoms. The lowest BCUT2D eigenvalue weighted by atomic mass is 9.95. The van der Waals surface area contributed by atoms with Gasteiger partial charge >= 0.3 is 0 Å². The van der Waals surface area contributed by atoms with Crippen molar-refractivity contribution in [2.24, 2.45) is 0 Å². The number of hydrogen-bond donors (Lipinski definition) is 1. The molecule has 1 fully saturated rings. The molecule has 3 aromatic rings. The number of rotatable bonds is 13. The highest BCUT2D eigenvalue weighted by atomic mass is 35.5. The van der Waals surface area contributed by atoms with E-state index < -0.39 is 34.3 Å². The number of halogens is 3. The zero-order valence-corrected chi connectivity index (χ0v) is 28.3. The fraction of sp³-hybridized carbons (Fsp3) is 0.394. The number of carbonyl (C=O) groups excluding carboxylic acids is 2. The van der Waals surface area contributed by atoms with Crippen LogP contribution in [-0.4, -0.2) is 58.0 Å². The molecule has 2 amide bonds. The Hall–Kier alpha value is -3.54. The predicted octanol–water partition coefficient (Wildman–Crippen LogP) is 6.60. The normalized spacial score (nSPS) is 14.3. The van der Waals surface area contributed by atoms with E-state index in [1.165, 1.54) is 49.5 Å². The van der Waals surface area contributed by atoms with Gasteiger partial charge in [0.1, 0.15) is 18.4 Å². The van der Waals surface area contributed by atoms with Crippen molar-refractivity contribution in [1.29, 1.82) is 0 Å². The van der Waals surface area contributed by atoms with Gasteiger partial charge in [-0.1, -0.05) is 55.5 Å². The van der Waals surface area contributed by atoms with Gasteiger partial charge in [0, 0.05) is 34.3 Å². The third kappa shape index (κ3) is 8.24. The van der Waals surface area contributed by atoms with E-state index in [0.717, 1.165) is 48.5 Å². The first-order valence-electron chi connectivity index (χ1n) is 15.0. The molecule has 1 saturated carbocycles. The molecule has 0 spiro atoms. The van der Waals surface area contributed by atoms with Gasteiger partial charge in [-0.2, -0.15) is 0 Å². The van der Waals surface area contributed by atoms with Gasteiger partial charge in [0.2, 0.25) is 11.8 Å². The Bertz CT molecular complexity index is 1610. The Labute approximate surface area is 279 Å². The summed E-state index contributed by atoms with van der Waals surface area (Å²) < 4.78 is 53.8. The van der Waals surface area contributed by atoms with Crippen LogP contribution in [0.25, 0.3) is 0 Å². The molecule has 46 heavy (non-hydrogen) atoms. The lowest BCUT2D eigenvalue weighted by Crippen LogP contribution is -2.54. The van der Waals surface area contributed by atoms with Gasteiger partial charge in [0.15, 0.2) is 11.5 Å². The number of carbonyl (C=O) groups is 2. The maximum Gasteiger partial charge on any atom is 0.264 e. The molecular formula is C33H38Cl2FN3O6S. The van der Waals surface area contributed by atoms with E-state index >= 15 is 0 Å². The minimum Gasteiger partial charge on any atom is -0.493 e. The molecule has 4 rings (SSSR count). The van der Waals surface area contributed by atoms with E-state index in [1.54, 1.807) is 25.1 Å². The summed E-state index contributed by atoms with van der Waals surface area (Å²) in [6, 6.07) is 12.7. The highest BCUT2D eigenvalue weighted by molar-refractivity contribution is 7.92. The topological polar surface area (TPSA) is 105 Å². The Kier molecular flexibility index (Phi) is 12.2. The van der Waals surface area contributed by atoms with Crippen molar-refractivity contribution >= 4 is 50.7 Å². The summed E-state index contributed by atoms with van der Waals surface area (Å²) in [6.07, 6.45) is 5.03. The molecule has 248 valence electrons. The van der Waals surface area contributed by atoms with Gasteiger partial charge in [-0.25, -0.2) is 12.8 Å². The minimum absolute atomic E-state index is 0.0164. The first-order chi connectivity index (χ1) is 22.0. The van der Waals surface area contributed by atoms with Crippen molar-refractivity contribution in [3.05, 3.63) is 82.1 Å². The second-order valence-electron chi connectivity index (χ2n) is 11.0. The summed E-state index contributed by atoms with van der Waals surface area (Å²) in [5.74, 6) is -1.14. The molecule has 0 radical (unpaired) electrons. The predicted molar refractivity (Wildman–Crippen MR) is 177 cm³/mol. The molecule has 0 aromatic heterocycles. The van der Waals surface area contributed by atoms with Crippen LogP contribution < -0.4 is 19.1 Å². The Morgan fingerprint density at radius 2 is 1.59 bits per heavy atom. The quantitative estimate of drug-likeness (QED) is 0.216. The van der Waals surface area contributed by atoms with Crippen LogP contribution in [0.2, 0.25) is 10.0 Å². The molecule has 0 saturated heterocycles. The van der Waals surface area contributed by atoms with E-state index in [1.807, 2.05) is 0 Å². The maximum absolute atomic E-state index is 14.4. The zero-order valence-electron chi connectivity index (χ0n) is 26.0. The van der Waals surface area contributed by atoms with Crippen molar-refractivity contribution in [3.8, 4) is 11.5 Å². The highest BCUT2D eigenvalue weighted by Crippen LogP contribution is 2.33. The number of nitrogens with one attached hydrogen (secondary N) is 1. The van der Waals surface area contributed by atoms with Crippen LogP contribution in [0, 0.1) is 5.82 Å². The molecule has 1 aliphatic carbocycles. The van der Waals surface area contributed by atoms with Crippen LogP contribution >= 0.6 is 23.2 Å². The molecule has 0 bridgehead atoms. The van der Waals surface area contributed by atoms with Gasteiger partial charge in [-0.05, 0) is 67.8 Å². The van der Waals surface area contributed by atoms with E-state index in [-0.39, 0.29) is 41.2 Å². The summed E-state index contributed by atoms with van der Waals surface area (Å²) in [5.41, 5.74) is 0.458.